The SMILES string of the molecule is CC(C)(C)[Si](C)(C)Oc1cccc(CC(=O)[O-])c1. The van der Waals surface area contributed by atoms with E-state index in [1.54, 1.807) is 12.1 Å². The van der Waals surface area contributed by atoms with E-state index in [1.807, 2.05) is 12.1 Å². The smallest absolute Gasteiger partial charge is 0.250 e. The van der Waals surface area contributed by atoms with Crippen molar-refractivity contribution < 1.29 is 14.3 Å². The summed E-state index contributed by atoms with van der Waals surface area (Å²) < 4.78 is 6.11. The zero-order valence-corrected chi connectivity index (χ0v) is 12.7. The number of rotatable bonds is 4. The Balaban J connectivity index is 2.89. The van der Waals surface area contributed by atoms with Gasteiger partial charge in [-0.2, -0.15) is 0 Å². The van der Waals surface area contributed by atoms with E-state index in [0.717, 1.165) is 5.75 Å². The first-order valence-corrected chi connectivity index (χ1v) is 9.00. The average Bonchev–Trinajstić information content (AvgIpc) is 2.14. The Bertz CT molecular complexity index is 433. The standard InChI is InChI=1S/C14H22O3Si/c1-14(2,3)18(4,5)17-12-8-6-7-11(9-12)10-13(15)16/h6-9H,10H2,1-5H3,(H,15,16)/p-1. The van der Waals surface area contributed by atoms with Crippen molar-refractivity contribution in [3.05, 3.63) is 29.8 Å². The van der Waals surface area contributed by atoms with Crippen molar-refractivity contribution in [1.29, 1.82) is 0 Å². The molecule has 3 nitrogen and oxygen atoms in total. The van der Waals surface area contributed by atoms with Crippen LogP contribution in [0.4, 0.5) is 0 Å². The number of hydrogen-bond donors (Lipinski definition) is 0. The minimum absolute atomic E-state index is 0.0747. The summed E-state index contributed by atoms with van der Waals surface area (Å²) in [5.74, 6) is -0.320. The van der Waals surface area contributed by atoms with Gasteiger partial charge in [-0.1, -0.05) is 32.9 Å². The predicted octanol–water partition coefficient (Wildman–Crippen LogP) is 2.36. The lowest BCUT2D eigenvalue weighted by Crippen LogP contribution is -2.43. The van der Waals surface area contributed by atoms with Crippen LogP contribution in [0.5, 0.6) is 5.75 Å². The molecule has 0 unspecified atom stereocenters. The monoisotopic (exact) mass is 265 g/mol. The van der Waals surface area contributed by atoms with Gasteiger partial charge in [0.05, 0.1) is 0 Å². The second-order valence-electron chi connectivity index (χ2n) is 6.06. The largest absolute Gasteiger partial charge is 0.550 e. The van der Waals surface area contributed by atoms with Crippen LogP contribution in [0.1, 0.15) is 26.3 Å². The van der Waals surface area contributed by atoms with E-state index in [1.165, 1.54) is 0 Å². The summed E-state index contributed by atoms with van der Waals surface area (Å²) in [7, 11) is -1.87. The molecule has 0 radical (unpaired) electrons. The molecular formula is C14H21O3Si-. The second-order valence-corrected chi connectivity index (χ2v) is 10.8. The van der Waals surface area contributed by atoms with Gasteiger partial charge in [-0.15, -0.1) is 0 Å². The molecule has 0 heterocycles. The summed E-state index contributed by atoms with van der Waals surface area (Å²) in [6.45, 7) is 10.8. The molecule has 1 aromatic rings. The van der Waals surface area contributed by atoms with E-state index in [0.29, 0.717) is 5.56 Å². The molecule has 0 fully saturated rings. The first-order valence-electron chi connectivity index (χ1n) is 6.09. The molecule has 0 aliphatic heterocycles. The molecule has 0 aromatic heterocycles. The molecular weight excluding hydrogens is 244 g/mol. The summed E-state index contributed by atoms with van der Waals surface area (Å²) in [6, 6.07) is 7.25. The number of carbonyl (C=O) groups excluding carboxylic acids is 1. The Morgan fingerprint density at radius 1 is 1.33 bits per heavy atom. The van der Waals surface area contributed by atoms with Gasteiger partial charge in [0.2, 0.25) is 8.32 Å². The van der Waals surface area contributed by atoms with E-state index in [9.17, 15) is 9.90 Å². The fourth-order valence-corrected chi connectivity index (χ4v) is 2.36. The van der Waals surface area contributed by atoms with Crippen LogP contribution in [0.2, 0.25) is 18.1 Å². The third-order valence-electron chi connectivity index (χ3n) is 3.43. The molecule has 1 aromatic carbocycles. The minimum Gasteiger partial charge on any atom is -0.550 e. The molecule has 0 bridgehead atoms. The molecule has 0 aliphatic rings. The van der Waals surface area contributed by atoms with E-state index in [2.05, 4.69) is 33.9 Å². The third-order valence-corrected chi connectivity index (χ3v) is 7.78. The van der Waals surface area contributed by atoms with Crippen molar-refractivity contribution in [2.24, 2.45) is 0 Å². The summed E-state index contributed by atoms with van der Waals surface area (Å²) in [4.78, 5) is 10.6. The molecule has 0 aliphatic carbocycles. The van der Waals surface area contributed by atoms with Gasteiger partial charge < -0.3 is 14.3 Å². The predicted molar refractivity (Wildman–Crippen MR) is 73.0 cm³/mol. The molecule has 0 saturated carbocycles. The van der Waals surface area contributed by atoms with Crippen molar-refractivity contribution in [3.8, 4) is 5.75 Å². The Morgan fingerprint density at radius 3 is 2.44 bits per heavy atom. The number of carboxylic acid groups (broad SMARTS) is 1. The maximum absolute atomic E-state index is 10.6. The van der Waals surface area contributed by atoms with Crippen LogP contribution < -0.4 is 9.53 Å². The van der Waals surface area contributed by atoms with Gasteiger partial charge in [0.1, 0.15) is 5.75 Å². The fraction of sp³-hybridized carbons (Fsp3) is 0.500. The molecule has 0 N–H and O–H groups in total. The van der Waals surface area contributed by atoms with Gasteiger partial charge >= 0.3 is 0 Å². The van der Waals surface area contributed by atoms with Gasteiger partial charge in [0.15, 0.2) is 0 Å². The first kappa shape index (κ1) is 14.8. The molecule has 0 saturated heterocycles. The van der Waals surface area contributed by atoms with Crippen LogP contribution in [0, 0.1) is 0 Å². The molecule has 1 rings (SSSR count). The maximum Gasteiger partial charge on any atom is 0.250 e. The van der Waals surface area contributed by atoms with Crippen molar-refractivity contribution in [2.75, 3.05) is 0 Å². The highest BCUT2D eigenvalue weighted by Crippen LogP contribution is 2.37. The highest BCUT2D eigenvalue weighted by molar-refractivity contribution is 6.74. The summed E-state index contributed by atoms with van der Waals surface area (Å²) in [6.07, 6.45) is -0.0747. The van der Waals surface area contributed by atoms with Gasteiger partial charge in [-0.3, -0.25) is 0 Å². The van der Waals surface area contributed by atoms with Crippen molar-refractivity contribution in [3.63, 3.8) is 0 Å². The number of hydrogen-bond acceptors (Lipinski definition) is 3. The Hall–Kier alpha value is -1.29. The van der Waals surface area contributed by atoms with Gasteiger partial charge in [0, 0.05) is 12.4 Å². The number of aliphatic carboxylic acids is 1. The molecule has 100 valence electrons. The average molecular weight is 265 g/mol. The van der Waals surface area contributed by atoms with Crippen LogP contribution in [-0.4, -0.2) is 14.3 Å². The van der Waals surface area contributed by atoms with E-state index in [4.69, 9.17) is 4.43 Å². The van der Waals surface area contributed by atoms with Gasteiger partial charge in [0.25, 0.3) is 0 Å². The number of benzene rings is 1. The fourth-order valence-electron chi connectivity index (χ4n) is 1.33. The number of carboxylic acids is 1. The molecule has 0 amide bonds. The topological polar surface area (TPSA) is 49.4 Å². The summed E-state index contributed by atoms with van der Waals surface area (Å²) in [5, 5.41) is 10.7. The lowest BCUT2D eigenvalue weighted by Gasteiger charge is -2.36. The van der Waals surface area contributed by atoms with Gasteiger partial charge in [-0.05, 0) is 35.8 Å². The molecule has 4 heteroatoms. The minimum atomic E-state index is -1.87. The summed E-state index contributed by atoms with van der Waals surface area (Å²) >= 11 is 0. The van der Waals surface area contributed by atoms with Crippen LogP contribution in [0.15, 0.2) is 24.3 Å². The Kier molecular flexibility index (Phi) is 4.22. The number of carbonyl (C=O) groups is 1. The van der Waals surface area contributed by atoms with Crippen molar-refractivity contribution in [2.45, 2.75) is 45.3 Å². The zero-order chi connectivity index (χ0) is 14.0. The van der Waals surface area contributed by atoms with E-state index < -0.39 is 14.3 Å². The van der Waals surface area contributed by atoms with Crippen molar-refractivity contribution in [1.82, 2.24) is 0 Å². The van der Waals surface area contributed by atoms with Crippen molar-refractivity contribution >= 4 is 14.3 Å². The molecule has 0 spiro atoms. The Labute approximate surface area is 110 Å². The first-order chi connectivity index (χ1) is 8.12. The van der Waals surface area contributed by atoms with Crippen LogP contribution in [-0.2, 0) is 11.2 Å². The highest BCUT2D eigenvalue weighted by atomic mass is 28.4. The Morgan fingerprint density at radius 2 is 1.94 bits per heavy atom. The highest BCUT2D eigenvalue weighted by Gasteiger charge is 2.38. The van der Waals surface area contributed by atoms with E-state index in [-0.39, 0.29) is 11.5 Å². The summed E-state index contributed by atoms with van der Waals surface area (Å²) in [5.41, 5.74) is 0.714. The van der Waals surface area contributed by atoms with Crippen LogP contribution >= 0.6 is 0 Å². The quantitative estimate of drug-likeness (QED) is 0.785. The molecule has 18 heavy (non-hydrogen) atoms. The van der Waals surface area contributed by atoms with E-state index >= 15 is 0 Å². The second kappa shape index (κ2) is 5.14. The normalized spacial score (nSPS) is 12.3. The van der Waals surface area contributed by atoms with Crippen LogP contribution in [0.3, 0.4) is 0 Å². The zero-order valence-electron chi connectivity index (χ0n) is 11.7. The lowest BCUT2D eigenvalue weighted by atomic mass is 10.1. The van der Waals surface area contributed by atoms with Crippen LogP contribution in [0.25, 0.3) is 0 Å². The third kappa shape index (κ3) is 3.87. The molecule has 0 atom stereocenters. The maximum atomic E-state index is 10.6. The van der Waals surface area contributed by atoms with Gasteiger partial charge in [-0.25, -0.2) is 0 Å². The lowest BCUT2D eigenvalue weighted by molar-refractivity contribution is -0.304.